The molecule has 144 valence electrons. The molecule has 2 aromatic carbocycles. The summed E-state index contributed by atoms with van der Waals surface area (Å²) in [6.45, 7) is 3.67. The molecule has 1 amide bonds. The molecule has 0 radical (unpaired) electrons. The monoisotopic (exact) mass is 434 g/mol. The fourth-order valence-corrected chi connectivity index (χ4v) is 3.27. The zero-order chi connectivity index (χ0) is 20.4. The highest BCUT2D eigenvalue weighted by Crippen LogP contribution is 2.34. The van der Waals surface area contributed by atoms with Crippen molar-refractivity contribution in [3.8, 4) is 17.1 Å². The number of benzene rings is 2. The summed E-state index contributed by atoms with van der Waals surface area (Å²) < 4.78 is 5.59. The third kappa shape index (κ3) is 4.30. The molecule has 1 heterocycles. The van der Waals surface area contributed by atoms with Gasteiger partial charge in [-0.2, -0.15) is 0 Å². The van der Waals surface area contributed by atoms with Crippen LogP contribution < -0.4 is 10.6 Å². The highest BCUT2D eigenvalue weighted by atomic mass is 35.5. The van der Waals surface area contributed by atoms with Gasteiger partial charge in [0.15, 0.2) is 10.9 Å². The summed E-state index contributed by atoms with van der Waals surface area (Å²) >= 11 is 17.4. The van der Waals surface area contributed by atoms with Crippen LogP contribution in [0.25, 0.3) is 11.3 Å². The van der Waals surface area contributed by atoms with Gasteiger partial charge < -0.3 is 14.8 Å². The molecule has 3 aromatic rings. The second-order valence-electron chi connectivity index (χ2n) is 6.15. The van der Waals surface area contributed by atoms with Crippen molar-refractivity contribution in [2.45, 2.75) is 13.8 Å². The van der Waals surface area contributed by atoms with E-state index >= 15 is 0 Å². The van der Waals surface area contributed by atoms with E-state index in [1.54, 1.807) is 37.3 Å². The minimum atomic E-state index is -0.536. The maximum Gasteiger partial charge on any atom is 0.293 e. The van der Waals surface area contributed by atoms with Gasteiger partial charge in [0, 0.05) is 5.56 Å². The van der Waals surface area contributed by atoms with Crippen molar-refractivity contribution in [3.63, 3.8) is 0 Å². The van der Waals surface area contributed by atoms with Gasteiger partial charge >= 0.3 is 0 Å². The molecular formula is C20H16Cl2N2O3S. The first kappa shape index (κ1) is 20.2. The minimum absolute atomic E-state index is 0.0315. The van der Waals surface area contributed by atoms with Crippen LogP contribution in [0.5, 0.6) is 5.75 Å². The third-order valence-corrected chi connectivity index (χ3v) is 4.99. The molecule has 0 bridgehead atoms. The van der Waals surface area contributed by atoms with Crippen molar-refractivity contribution >= 4 is 52.1 Å². The molecule has 0 saturated heterocycles. The number of halogens is 2. The summed E-state index contributed by atoms with van der Waals surface area (Å²) in [5, 5.41) is 16.2. The molecule has 0 unspecified atom stereocenters. The Morgan fingerprint density at radius 3 is 2.64 bits per heavy atom. The van der Waals surface area contributed by atoms with Crippen molar-refractivity contribution in [1.82, 2.24) is 5.32 Å². The van der Waals surface area contributed by atoms with Gasteiger partial charge in [0.25, 0.3) is 5.91 Å². The molecule has 0 atom stereocenters. The zero-order valence-electron chi connectivity index (χ0n) is 15.0. The molecule has 1 aromatic heterocycles. The molecule has 0 saturated carbocycles. The van der Waals surface area contributed by atoms with Crippen LogP contribution in [0.15, 0.2) is 46.9 Å². The molecule has 3 rings (SSSR count). The van der Waals surface area contributed by atoms with Crippen LogP contribution >= 0.6 is 35.4 Å². The van der Waals surface area contributed by atoms with Gasteiger partial charge in [0.05, 0.1) is 15.7 Å². The SMILES string of the molecule is Cc1cc(C)c(O)c(NC(=S)NC(=O)c2ccc(-c3cccc(Cl)c3Cl)o2)c1. The molecule has 28 heavy (non-hydrogen) atoms. The lowest BCUT2D eigenvalue weighted by molar-refractivity contribution is 0.0951. The molecule has 0 spiro atoms. The summed E-state index contributed by atoms with van der Waals surface area (Å²) in [6, 6.07) is 11.8. The molecule has 0 aliphatic carbocycles. The second-order valence-corrected chi connectivity index (χ2v) is 7.34. The third-order valence-electron chi connectivity index (χ3n) is 3.97. The van der Waals surface area contributed by atoms with Crippen LogP contribution in [-0.2, 0) is 0 Å². The van der Waals surface area contributed by atoms with E-state index in [-0.39, 0.29) is 16.6 Å². The fraction of sp³-hybridized carbons (Fsp3) is 0.100. The number of hydrogen-bond donors (Lipinski definition) is 3. The Bertz CT molecular complexity index is 1080. The van der Waals surface area contributed by atoms with Crippen molar-refractivity contribution < 1.29 is 14.3 Å². The molecule has 8 heteroatoms. The molecule has 0 aliphatic rings. The summed E-state index contributed by atoms with van der Waals surface area (Å²) in [7, 11) is 0. The van der Waals surface area contributed by atoms with Gasteiger partial charge in [-0.05, 0) is 67.5 Å². The highest BCUT2D eigenvalue weighted by molar-refractivity contribution is 7.80. The van der Waals surface area contributed by atoms with E-state index in [1.165, 1.54) is 6.07 Å². The predicted octanol–water partition coefficient (Wildman–Crippen LogP) is 5.70. The van der Waals surface area contributed by atoms with Gasteiger partial charge in [-0.3, -0.25) is 10.1 Å². The van der Waals surface area contributed by atoms with E-state index < -0.39 is 5.91 Å². The van der Waals surface area contributed by atoms with E-state index in [2.05, 4.69) is 10.6 Å². The van der Waals surface area contributed by atoms with Gasteiger partial charge in [-0.1, -0.05) is 35.3 Å². The van der Waals surface area contributed by atoms with Crippen molar-refractivity contribution in [2.24, 2.45) is 0 Å². The maximum atomic E-state index is 12.4. The number of hydrogen-bond acceptors (Lipinski definition) is 4. The van der Waals surface area contributed by atoms with Crippen molar-refractivity contribution in [2.75, 3.05) is 5.32 Å². The van der Waals surface area contributed by atoms with E-state index in [9.17, 15) is 9.90 Å². The molecule has 3 N–H and O–H groups in total. The average molecular weight is 435 g/mol. The van der Waals surface area contributed by atoms with Crippen molar-refractivity contribution in [1.29, 1.82) is 0 Å². The van der Waals surface area contributed by atoms with Crippen LogP contribution in [0.3, 0.4) is 0 Å². The molecule has 5 nitrogen and oxygen atoms in total. The first-order chi connectivity index (χ1) is 13.3. The van der Waals surface area contributed by atoms with Crippen molar-refractivity contribution in [3.05, 3.63) is 69.4 Å². The highest BCUT2D eigenvalue weighted by Gasteiger charge is 2.17. The van der Waals surface area contributed by atoms with E-state index in [1.807, 2.05) is 13.0 Å². The number of phenolic OH excluding ortho intramolecular Hbond substituents is 1. The predicted molar refractivity (Wildman–Crippen MR) is 115 cm³/mol. The summed E-state index contributed by atoms with van der Waals surface area (Å²) in [6.07, 6.45) is 0. The lowest BCUT2D eigenvalue weighted by Crippen LogP contribution is -2.33. The lowest BCUT2D eigenvalue weighted by atomic mass is 10.1. The number of furan rings is 1. The van der Waals surface area contributed by atoms with Crippen LogP contribution in [0.1, 0.15) is 21.7 Å². The largest absolute Gasteiger partial charge is 0.505 e. The number of aryl methyl sites for hydroxylation is 2. The Balaban J connectivity index is 1.73. The second kappa shape index (κ2) is 8.22. The zero-order valence-corrected chi connectivity index (χ0v) is 17.3. The molecular weight excluding hydrogens is 419 g/mol. The first-order valence-electron chi connectivity index (χ1n) is 8.23. The fourth-order valence-electron chi connectivity index (χ4n) is 2.67. The van der Waals surface area contributed by atoms with Gasteiger partial charge in [0.1, 0.15) is 11.5 Å². The standard InChI is InChI=1S/C20H16Cl2N2O3S/c1-10-8-11(2)18(25)14(9-10)23-20(28)24-19(26)16-7-6-15(27-16)12-4-3-5-13(21)17(12)22/h3-9,25H,1-2H3,(H2,23,24,26,28). The smallest absolute Gasteiger partial charge is 0.293 e. The van der Waals surface area contributed by atoms with Gasteiger partial charge in [0.2, 0.25) is 0 Å². The Morgan fingerprint density at radius 2 is 1.89 bits per heavy atom. The quantitative estimate of drug-likeness (QED) is 0.363. The van der Waals surface area contributed by atoms with Gasteiger partial charge in [-0.15, -0.1) is 0 Å². The van der Waals surface area contributed by atoms with Crippen LogP contribution in [0, 0.1) is 13.8 Å². The molecule has 0 aliphatic heterocycles. The van der Waals surface area contributed by atoms with E-state index in [0.717, 1.165) is 5.56 Å². The Labute approximate surface area is 177 Å². The number of phenols is 1. The first-order valence-corrected chi connectivity index (χ1v) is 9.39. The number of amides is 1. The van der Waals surface area contributed by atoms with Gasteiger partial charge in [-0.25, -0.2) is 0 Å². The Hall–Kier alpha value is -2.54. The summed E-state index contributed by atoms with van der Waals surface area (Å²) in [5.74, 6) is -0.00725. The van der Waals surface area contributed by atoms with E-state index in [4.69, 9.17) is 39.8 Å². The lowest BCUT2D eigenvalue weighted by Gasteiger charge is -2.12. The summed E-state index contributed by atoms with van der Waals surface area (Å²) in [5.41, 5.74) is 2.63. The van der Waals surface area contributed by atoms with Crippen LogP contribution in [0.4, 0.5) is 5.69 Å². The topological polar surface area (TPSA) is 74.5 Å². The Morgan fingerprint density at radius 1 is 1.14 bits per heavy atom. The van der Waals surface area contributed by atoms with Crippen LogP contribution in [-0.4, -0.2) is 16.1 Å². The number of aromatic hydroxyl groups is 1. The number of thiocarbonyl (C=S) groups is 1. The maximum absolute atomic E-state index is 12.4. The van der Waals surface area contributed by atoms with Crippen LogP contribution in [0.2, 0.25) is 10.0 Å². The number of carbonyl (C=O) groups excluding carboxylic acids is 1. The molecule has 0 fully saturated rings. The average Bonchev–Trinajstić information content (AvgIpc) is 3.11. The van der Waals surface area contributed by atoms with E-state index in [0.29, 0.717) is 32.6 Å². The summed E-state index contributed by atoms with van der Waals surface area (Å²) in [4.78, 5) is 12.4. The normalized spacial score (nSPS) is 10.6. The number of anilines is 1. The number of nitrogens with one attached hydrogen (secondary N) is 2. The minimum Gasteiger partial charge on any atom is -0.505 e. The number of carbonyl (C=O) groups is 1. The Kier molecular flexibility index (Phi) is 5.93. The number of rotatable bonds is 3.